The zero-order chi connectivity index (χ0) is 12.3. The molecule has 0 aliphatic carbocycles. The van der Waals surface area contributed by atoms with Crippen molar-refractivity contribution in [2.24, 2.45) is 0 Å². The zero-order valence-corrected chi connectivity index (χ0v) is 12.4. The summed E-state index contributed by atoms with van der Waals surface area (Å²) in [6, 6.07) is 5.62. The van der Waals surface area contributed by atoms with E-state index in [0.717, 1.165) is 8.95 Å². The van der Waals surface area contributed by atoms with Gasteiger partial charge in [-0.05, 0) is 34.1 Å². The Labute approximate surface area is 120 Å². The molecule has 0 aliphatic heterocycles. The minimum Gasteiger partial charge on any atom is -0.483 e. The first-order valence-corrected chi connectivity index (χ1v) is 6.76. The SMILES string of the molecule is ClCc1nnc(COc2ccc(Br)cc2Br)o1. The monoisotopic (exact) mass is 380 g/mol. The first-order chi connectivity index (χ1) is 8.19. The predicted octanol–water partition coefficient (Wildman–Crippen LogP) is 3.91. The van der Waals surface area contributed by atoms with Gasteiger partial charge in [0.1, 0.15) is 11.6 Å². The van der Waals surface area contributed by atoms with E-state index < -0.39 is 0 Å². The molecular formula is C10H7Br2ClN2O2. The van der Waals surface area contributed by atoms with E-state index in [4.69, 9.17) is 20.8 Å². The smallest absolute Gasteiger partial charge is 0.253 e. The van der Waals surface area contributed by atoms with Crippen LogP contribution < -0.4 is 4.74 Å². The zero-order valence-electron chi connectivity index (χ0n) is 8.49. The second-order valence-electron chi connectivity index (χ2n) is 3.09. The van der Waals surface area contributed by atoms with Gasteiger partial charge in [0.2, 0.25) is 5.89 Å². The molecule has 0 saturated carbocycles. The number of ether oxygens (including phenoxy) is 1. The van der Waals surface area contributed by atoms with Crippen LogP contribution in [-0.4, -0.2) is 10.2 Å². The Morgan fingerprint density at radius 2 is 2.00 bits per heavy atom. The van der Waals surface area contributed by atoms with Gasteiger partial charge in [0.25, 0.3) is 5.89 Å². The summed E-state index contributed by atoms with van der Waals surface area (Å²) in [6.45, 7) is 0.212. The summed E-state index contributed by atoms with van der Waals surface area (Å²) >= 11 is 12.3. The lowest BCUT2D eigenvalue weighted by molar-refractivity contribution is 0.258. The largest absolute Gasteiger partial charge is 0.483 e. The highest BCUT2D eigenvalue weighted by atomic mass is 79.9. The number of alkyl halides is 1. The average Bonchev–Trinajstić information content (AvgIpc) is 2.76. The molecule has 1 aromatic carbocycles. The Hall–Kier alpha value is -0.590. The van der Waals surface area contributed by atoms with Crippen LogP contribution in [0.15, 0.2) is 31.6 Å². The lowest BCUT2D eigenvalue weighted by Gasteiger charge is -2.05. The van der Waals surface area contributed by atoms with E-state index in [9.17, 15) is 0 Å². The normalized spacial score (nSPS) is 10.5. The van der Waals surface area contributed by atoms with Gasteiger partial charge in [0.15, 0.2) is 6.61 Å². The number of halogens is 3. The molecule has 1 aromatic heterocycles. The van der Waals surface area contributed by atoms with Crippen molar-refractivity contribution in [2.75, 3.05) is 0 Å². The first-order valence-electron chi connectivity index (χ1n) is 4.64. The van der Waals surface area contributed by atoms with Crippen LogP contribution in [-0.2, 0) is 12.5 Å². The maximum absolute atomic E-state index is 5.55. The maximum atomic E-state index is 5.55. The van der Waals surface area contributed by atoms with E-state index in [1.807, 2.05) is 18.2 Å². The van der Waals surface area contributed by atoms with E-state index in [1.165, 1.54) is 0 Å². The minimum absolute atomic E-state index is 0.203. The van der Waals surface area contributed by atoms with E-state index in [0.29, 0.717) is 17.5 Å². The lowest BCUT2D eigenvalue weighted by atomic mass is 10.3. The lowest BCUT2D eigenvalue weighted by Crippen LogP contribution is -1.96. The molecule has 0 unspecified atom stereocenters. The highest BCUT2D eigenvalue weighted by Crippen LogP contribution is 2.28. The number of hydrogen-bond donors (Lipinski definition) is 0. The Morgan fingerprint density at radius 3 is 2.65 bits per heavy atom. The Morgan fingerprint density at radius 1 is 1.24 bits per heavy atom. The molecule has 90 valence electrons. The molecule has 7 heteroatoms. The van der Waals surface area contributed by atoms with Crippen molar-refractivity contribution in [1.82, 2.24) is 10.2 Å². The highest BCUT2D eigenvalue weighted by Gasteiger charge is 2.07. The van der Waals surface area contributed by atoms with Crippen LogP contribution in [0.1, 0.15) is 11.8 Å². The van der Waals surface area contributed by atoms with E-state index in [1.54, 1.807) is 0 Å². The molecule has 0 saturated heterocycles. The van der Waals surface area contributed by atoms with Crippen LogP contribution in [0, 0.1) is 0 Å². The number of hydrogen-bond acceptors (Lipinski definition) is 4. The quantitative estimate of drug-likeness (QED) is 0.753. The van der Waals surface area contributed by atoms with Gasteiger partial charge < -0.3 is 9.15 Å². The van der Waals surface area contributed by atoms with Gasteiger partial charge in [-0.25, -0.2) is 0 Å². The van der Waals surface area contributed by atoms with E-state index >= 15 is 0 Å². The van der Waals surface area contributed by atoms with Crippen molar-refractivity contribution in [2.45, 2.75) is 12.5 Å². The van der Waals surface area contributed by atoms with Crippen molar-refractivity contribution in [3.8, 4) is 5.75 Å². The standard InChI is InChI=1S/C10H7Br2ClN2O2/c11-6-1-2-8(7(12)3-6)16-5-10-15-14-9(4-13)17-10/h1-3H,4-5H2. The fourth-order valence-electron chi connectivity index (χ4n) is 1.13. The van der Waals surface area contributed by atoms with Gasteiger partial charge in [-0.1, -0.05) is 15.9 Å². The van der Waals surface area contributed by atoms with Gasteiger partial charge in [-0.3, -0.25) is 0 Å². The van der Waals surface area contributed by atoms with Crippen molar-refractivity contribution in [3.05, 3.63) is 38.9 Å². The molecule has 0 bridgehead atoms. The maximum Gasteiger partial charge on any atom is 0.253 e. The summed E-state index contributed by atoms with van der Waals surface area (Å²) in [5.74, 6) is 1.70. The first kappa shape index (κ1) is 12.9. The van der Waals surface area contributed by atoms with Gasteiger partial charge in [-0.2, -0.15) is 0 Å². The Bertz CT molecular complexity index is 519. The minimum atomic E-state index is 0.203. The molecule has 0 N–H and O–H groups in total. The summed E-state index contributed by atoms with van der Waals surface area (Å²) in [6.07, 6.45) is 0. The van der Waals surface area contributed by atoms with Crippen LogP contribution in [0.5, 0.6) is 5.75 Å². The fraction of sp³-hybridized carbons (Fsp3) is 0.200. The molecule has 0 atom stereocenters. The number of rotatable bonds is 4. The molecule has 1 heterocycles. The van der Waals surface area contributed by atoms with Gasteiger partial charge in [0, 0.05) is 4.47 Å². The highest BCUT2D eigenvalue weighted by molar-refractivity contribution is 9.11. The molecule has 2 aromatic rings. The van der Waals surface area contributed by atoms with Crippen LogP contribution in [0.3, 0.4) is 0 Å². The van der Waals surface area contributed by atoms with Crippen LogP contribution in [0.4, 0.5) is 0 Å². The van der Waals surface area contributed by atoms with Gasteiger partial charge in [0.05, 0.1) is 4.47 Å². The Balaban J connectivity index is 2.02. The van der Waals surface area contributed by atoms with Gasteiger partial charge in [-0.15, -0.1) is 21.8 Å². The third-order valence-electron chi connectivity index (χ3n) is 1.87. The van der Waals surface area contributed by atoms with Crippen LogP contribution >= 0.6 is 43.5 Å². The van der Waals surface area contributed by atoms with Crippen molar-refractivity contribution < 1.29 is 9.15 Å². The third kappa shape index (κ3) is 3.43. The third-order valence-corrected chi connectivity index (χ3v) is 3.21. The molecule has 0 fully saturated rings. The van der Waals surface area contributed by atoms with Gasteiger partial charge >= 0.3 is 0 Å². The molecule has 0 radical (unpaired) electrons. The second kappa shape index (κ2) is 5.84. The molecule has 0 aliphatic rings. The molecule has 0 amide bonds. The molecule has 4 nitrogen and oxygen atoms in total. The summed E-state index contributed by atoms with van der Waals surface area (Å²) in [7, 11) is 0. The molecule has 2 rings (SSSR count). The second-order valence-corrected chi connectivity index (χ2v) is 5.12. The Kier molecular flexibility index (Phi) is 4.42. The van der Waals surface area contributed by atoms with E-state index in [2.05, 4.69) is 42.1 Å². The fourth-order valence-corrected chi connectivity index (χ4v) is 2.40. The number of aromatic nitrogens is 2. The average molecular weight is 382 g/mol. The molecule has 17 heavy (non-hydrogen) atoms. The number of nitrogens with zero attached hydrogens (tertiary/aromatic N) is 2. The summed E-state index contributed by atoms with van der Waals surface area (Å²) < 4.78 is 12.6. The topological polar surface area (TPSA) is 48.2 Å². The predicted molar refractivity (Wildman–Crippen MR) is 70.0 cm³/mol. The van der Waals surface area contributed by atoms with Crippen LogP contribution in [0.2, 0.25) is 0 Å². The van der Waals surface area contributed by atoms with Crippen molar-refractivity contribution in [1.29, 1.82) is 0 Å². The van der Waals surface area contributed by atoms with Crippen LogP contribution in [0.25, 0.3) is 0 Å². The summed E-state index contributed by atoms with van der Waals surface area (Å²) in [5.41, 5.74) is 0. The van der Waals surface area contributed by atoms with Crippen molar-refractivity contribution >= 4 is 43.5 Å². The van der Waals surface area contributed by atoms with Crippen molar-refractivity contribution in [3.63, 3.8) is 0 Å². The molecular weight excluding hydrogens is 375 g/mol. The summed E-state index contributed by atoms with van der Waals surface area (Å²) in [4.78, 5) is 0. The van der Waals surface area contributed by atoms with E-state index in [-0.39, 0.29) is 12.5 Å². The summed E-state index contributed by atoms with van der Waals surface area (Å²) in [5, 5.41) is 7.53. The molecule has 0 spiro atoms. The number of benzene rings is 1.